The van der Waals surface area contributed by atoms with Crippen molar-refractivity contribution in [2.75, 3.05) is 7.11 Å². The summed E-state index contributed by atoms with van der Waals surface area (Å²) >= 11 is 1.62. The van der Waals surface area contributed by atoms with Crippen molar-refractivity contribution in [3.8, 4) is 16.3 Å². The molecule has 110 valence electrons. The molecule has 0 aliphatic carbocycles. The lowest BCUT2D eigenvalue weighted by atomic mass is 9.99. The number of benzene rings is 1. The van der Waals surface area contributed by atoms with Gasteiger partial charge in [0.1, 0.15) is 5.75 Å². The predicted molar refractivity (Wildman–Crippen MR) is 84.2 cm³/mol. The van der Waals surface area contributed by atoms with Crippen LogP contribution in [-0.2, 0) is 0 Å². The first kappa shape index (κ1) is 13.1. The van der Waals surface area contributed by atoms with E-state index < -0.39 is 0 Å². The van der Waals surface area contributed by atoms with Crippen LogP contribution in [0.4, 0.5) is 0 Å². The zero-order chi connectivity index (χ0) is 15.1. The van der Waals surface area contributed by atoms with Crippen LogP contribution < -0.4 is 10.1 Å². The fourth-order valence-electron chi connectivity index (χ4n) is 2.76. The van der Waals surface area contributed by atoms with Crippen LogP contribution in [0.25, 0.3) is 10.6 Å². The fraction of sp³-hybridized carbons (Fsp3) is 0.125. The zero-order valence-corrected chi connectivity index (χ0v) is 12.6. The molecule has 1 aliphatic heterocycles. The largest absolute Gasteiger partial charge is 0.497 e. The molecule has 0 saturated carbocycles. The van der Waals surface area contributed by atoms with Gasteiger partial charge >= 0.3 is 0 Å². The molecule has 1 amide bonds. The van der Waals surface area contributed by atoms with Gasteiger partial charge in [0.15, 0.2) is 5.69 Å². The number of methoxy groups -OCH3 is 1. The van der Waals surface area contributed by atoms with Crippen molar-refractivity contribution in [1.29, 1.82) is 0 Å². The van der Waals surface area contributed by atoms with Crippen LogP contribution in [-0.4, -0.2) is 23.2 Å². The first-order valence-electron chi connectivity index (χ1n) is 6.85. The molecule has 6 heteroatoms. The van der Waals surface area contributed by atoms with Crippen LogP contribution in [0.15, 0.2) is 41.8 Å². The van der Waals surface area contributed by atoms with E-state index in [0.717, 1.165) is 27.4 Å². The molecule has 1 aliphatic rings. The highest BCUT2D eigenvalue weighted by Gasteiger charge is 2.36. The third-order valence-electron chi connectivity index (χ3n) is 3.78. The van der Waals surface area contributed by atoms with E-state index >= 15 is 0 Å². The number of H-pyrrole nitrogens is 1. The van der Waals surface area contributed by atoms with E-state index in [4.69, 9.17) is 4.74 Å². The molecule has 22 heavy (non-hydrogen) atoms. The van der Waals surface area contributed by atoms with Crippen molar-refractivity contribution in [2.45, 2.75) is 6.04 Å². The van der Waals surface area contributed by atoms with Crippen molar-refractivity contribution >= 4 is 17.2 Å². The SMILES string of the molecule is COc1cccc(C2NC(=O)c3n[nH]c(-c4cccs4)c32)c1. The zero-order valence-electron chi connectivity index (χ0n) is 11.8. The Morgan fingerprint density at radius 2 is 2.18 bits per heavy atom. The van der Waals surface area contributed by atoms with Crippen molar-refractivity contribution in [2.24, 2.45) is 0 Å². The molecule has 0 saturated heterocycles. The van der Waals surface area contributed by atoms with Crippen LogP contribution in [0, 0.1) is 0 Å². The topological polar surface area (TPSA) is 67.0 Å². The molecule has 0 fully saturated rings. The summed E-state index contributed by atoms with van der Waals surface area (Å²) in [6.45, 7) is 0. The third kappa shape index (κ3) is 1.92. The molecule has 2 aromatic heterocycles. The molecule has 0 bridgehead atoms. The standard InChI is InChI=1S/C16H13N3O2S/c1-21-10-5-2-4-9(8-10)13-12-14(11-6-3-7-22-11)18-19-15(12)16(20)17-13/h2-8,13H,1H3,(H,17,20)(H,18,19). The highest BCUT2D eigenvalue weighted by atomic mass is 32.1. The monoisotopic (exact) mass is 311 g/mol. The number of ether oxygens (including phenoxy) is 1. The molecule has 3 heterocycles. The first-order valence-corrected chi connectivity index (χ1v) is 7.73. The number of carbonyl (C=O) groups excluding carboxylic acids is 1. The van der Waals surface area contributed by atoms with Gasteiger partial charge in [-0.15, -0.1) is 11.3 Å². The minimum absolute atomic E-state index is 0.151. The maximum absolute atomic E-state index is 12.2. The summed E-state index contributed by atoms with van der Waals surface area (Å²) < 4.78 is 5.28. The molecule has 4 rings (SSSR count). The van der Waals surface area contributed by atoms with Gasteiger partial charge < -0.3 is 10.1 Å². The number of nitrogens with one attached hydrogen (secondary N) is 2. The summed E-state index contributed by atoms with van der Waals surface area (Å²) in [6, 6.07) is 11.5. The number of fused-ring (bicyclic) bond motifs is 1. The van der Waals surface area contributed by atoms with Gasteiger partial charge in [0.25, 0.3) is 5.91 Å². The number of hydrogen-bond acceptors (Lipinski definition) is 4. The number of rotatable bonds is 3. The van der Waals surface area contributed by atoms with Crippen LogP contribution in [0.2, 0.25) is 0 Å². The van der Waals surface area contributed by atoms with Gasteiger partial charge in [-0.3, -0.25) is 9.89 Å². The second-order valence-electron chi connectivity index (χ2n) is 5.02. The molecule has 0 spiro atoms. The Morgan fingerprint density at radius 1 is 1.27 bits per heavy atom. The second-order valence-corrected chi connectivity index (χ2v) is 5.97. The van der Waals surface area contributed by atoms with Gasteiger partial charge in [0.2, 0.25) is 0 Å². The second kappa shape index (κ2) is 4.99. The van der Waals surface area contributed by atoms with Gasteiger partial charge in [-0.1, -0.05) is 18.2 Å². The van der Waals surface area contributed by atoms with E-state index in [1.807, 2.05) is 41.8 Å². The van der Waals surface area contributed by atoms with Crippen LogP contribution >= 0.6 is 11.3 Å². The third-order valence-corrected chi connectivity index (χ3v) is 4.67. The molecular weight excluding hydrogens is 298 g/mol. The number of aromatic nitrogens is 2. The smallest absolute Gasteiger partial charge is 0.272 e. The maximum atomic E-state index is 12.2. The number of amides is 1. The molecular formula is C16H13N3O2S. The highest BCUT2D eigenvalue weighted by Crippen LogP contribution is 2.38. The molecule has 1 aromatic carbocycles. The van der Waals surface area contributed by atoms with Gasteiger partial charge in [-0.25, -0.2) is 0 Å². The van der Waals surface area contributed by atoms with E-state index in [1.165, 1.54) is 0 Å². The summed E-state index contributed by atoms with van der Waals surface area (Å²) in [5.41, 5.74) is 3.25. The quantitative estimate of drug-likeness (QED) is 0.781. The van der Waals surface area contributed by atoms with E-state index in [2.05, 4.69) is 15.5 Å². The van der Waals surface area contributed by atoms with Crippen LogP contribution in [0.5, 0.6) is 5.75 Å². The minimum atomic E-state index is -0.214. The number of hydrogen-bond donors (Lipinski definition) is 2. The Kier molecular flexibility index (Phi) is 2.97. The number of aromatic amines is 1. The van der Waals surface area contributed by atoms with Crippen molar-refractivity contribution < 1.29 is 9.53 Å². The van der Waals surface area contributed by atoms with Gasteiger partial charge in [-0.2, -0.15) is 5.10 Å². The van der Waals surface area contributed by atoms with Gasteiger partial charge in [0, 0.05) is 5.56 Å². The minimum Gasteiger partial charge on any atom is -0.497 e. The average molecular weight is 311 g/mol. The Labute approximate surface area is 130 Å². The predicted octanol–water partition coefficient (Wildman–Crippen LogP) is 2.98. The lowest BCUT2D eigenvalue weighted by molar-refractivity contribution is 0.0955. The van der Waals surface area contributed by atoms with Crippen molar-refractivity contribution in [3.05, 3.63) is 58.6 Å². The Morgan fingerprint density at radius 3 is 2.95 bits per heavy atom. The molecule has 1 atom stereocenters. The van der Waals surface area contributed by atoms with Crippen molar-refractivity contribution in [1.82, 2.24) is 15.5 Å². The summed E-state index contributed by atoms with van der Waals surface area (Å²) in [5.74, 6) is 0.614. The summed E-state index contributed by atoms with van der Waals surface area (Å²) in [5, 5.41) is 12.2. The molecule has 0 radical (unpaired) electrons. The number of thiophene rings is 1. The Balaban J connectivity index is 1.85. The maximum Gasteiger partial charge on any atom is 0.272 e. The van der Waals surface area contributed by atoms with E-state index in [1.54, 1.807) is 18.4 Å². The normalized spacial score (nSPS) is 16.4. The van der Waals surface area contributed by atoms with E-state index in [9.17, 15) is 4.79 Å². The molecule has 2 N–H and O–H groups in total. The average Bonchev–Trinajstić information content (AvgIpc) is 3.25. The van der Waals surface area contributed by atoms with E-state index in [-0.39, 0.29) is 11.9 Å². The Hall–Kier alpha value is -2.60. The van der Waals surface area contributed by atoms with Crippen LogP contribution in [0.3, 0.4) is 0 Å². The summed E-state index contributed by atoms with van der Waals surface area (Å²) in [7, 11) is 1.63. The summed E-state index contributed by atoms with van der Waals surface area (Å²) in [6.07, 6.45) is 0. The van der Waals surface area contributed by atoms with Crippen molar-refractivity contribution in [3.63, 3.8) is 0 Å². The lowest BCUT2D eigenvalue weighted by Gasteiger charge is -2.14. The number of carbonyl (C=O) groups is 1. The summed E-state index contributed by atoms with van der Waals surface area (Å²) in [4.78, 5) is 13.2. The fourth-order valence-corrected chi connectivity index (χ4v) is 3.49. The van der Waals surface area contributed by atoms with Crippen LogP contribution in [0.1, 0.15) is 27.7 Å². The Bertz CT molecular complexity index is 839. The molecule has 1 unspecified atom stereocenters. The number of nitrogens with zero attached hydrogens (tertiary/aromatic N) is 1. The molecule has 5 nitrogen and oxygen atoms in total. The molecule has 3 aromatic rings. The van der Waals surface area contributed by atoms with Gasteiger partial charge in [0.05, 0.1) is 23.7 Å². The lowest BCUT2D eigenvalue weighted by Crippen LogP contribution is -2.21. The van der Waals surface area contributed by atoms with E-state index in [0.29, 0.717) is 5.69 Å². The first-order chi connectivity index (χ1) is 10.8. The van der Waals surface area contributed by atoms with Gasteiger partial charge in [-0.05, 0) is 29.1 Å². The highest BCUT2D eigenvalue weighted by molar-refractivity contribution is 7.13.